The number of fused-ring (bicyclic) bond motifs is 2. The Hall–Kier alpha value is -4.06. The second kappa shape index (κ2) is 11.1. The molecule has 0 radical (unpaired) electrons. The molecule has 0 aliphatic carbocycles. The number of allylic oxidation sites excluding steroid dienone is 6. The summed E-state index contributed by atoms with van der Waals surface area (Å²) in [5, 5.41) is 19.1. The van der Waals surface area contributed by atoms with E-state index in [4.69, 9.17) is 9.98 Å². The second-order valence-corrected chi connectivity index (χ2v) is 17.4. The number of aliphatic imine (C=N–C) groups is 2. The number of rotatable bonds is 8. The van der Waals surface area contributed by atoms with Crippen LogP contribution in [0.3, 0.4) is 0 Å². The molecule has 1 aromatic heterocycles. The molecule has 8 nitrogen and oxygen atoms in total. The van der Waals surface area contributed by atoms with Gasteiger partial charge in [-0.15, -0.1) is 0 Å². The normalized spacial score (nSPS) is 21.3. The molecule has 1 atom stereocenters. The van der Waals surface area contributed by atoms with Crippen molar-refractivity contribution in [2.24, 2.45) is 9.98 Å². The van der Waals surface area contributed by atoms with E-state index in [-0.39, 0.29) is 32.1 Å². The molecular formula is C34H34F2N4O4Sn. The van der Waals surface area contributed by atoms with Gasteiger partial charge >= 0.3 is 267 Å². The molecule has 0 saturated heterocycles. The predicted octanol–water partition coefficient (Wildman–Crippen LogP) is 7.10. The van der Waals surface area contributed by atoms with Crippen LogP contribution in [-0.4, -0.2) is 65.6 Å². The molecule has 11 heteroatoms. The van der Waals surface area contributed by atoms with Gasteiger partial charge in [0.1, 0.15) is 0 Å². The summed E-state index contributed by atoms with van der Waals surface area (Å²) in [5.74, 6) is -1.98. The molecule has 1 unspecified atom stereocenters. The molecule has 2 N–H and O–H groups in total. The molecule has 5 aliphatic heterocycles. The SMILES string of the molecule is C=CC1=C(C)C2=NC1=Cc1c(C)c(C=C)c3[n]1[Sn]([F])([F])[N]1C(=C2)C(C)=C(CCC(=O)O)C1CC1=NC(=C3)C(C)=C1CCC(=O)O. The van der Waals surface area contributed by atoms with Crippen molar-refractivity contribution < 1.29 is 25.5 Å². The third kappa shape index (κ3) is 4.76. The van der Waals surface area contributed by atoms with Crippen LogP contribution in [0.5, 0.6) is 0 Å². The van der Waals surface area contributed by atoms with E-state index in [0.29, 0.717) is 62.2 Å². The number of aliphatic carboxylic acids is 2. The molecule has 0 fully saturated rings. The summed E-state index contributed by atoms with van der Waals surface area (Å²) < 4.78 is 38.4. The van der Waals surface area contributed by atoms with Crippen molar-refractivity contribution in [2.45, 2.75) is 65.8 Å². The molecule has 0 aromatic carbocycles. The summed E-state index contributed by atoms with van der Waals surface area (Å²) in [7, 11) is 0. The van der Waals surface area contributed by atoms with Crippen LogP contribution in [0.1, 0.15) is 75.4 Å². The van der Waals surface area contributed by atoms with E-state index >= 15 is 5.73 Å². The Bertz CT molecular complexity index is 1900. The number of hydrogen-bond acceptors (Lipinski definition) is 5. The molecule has 1 aromatic rings. The van der Waals surface area contributed by atoms with Gasteiger partial charge < -0.3 is 0 Å². The van der Waals surface area contributed by atoms with Gasteiger partial charge in [0.2, 0.25) is 0 Å². The Labute approximate surface area is 266 Å². The zero-order valence-corrected chi connectivity index (χ0v) is 28.5. The third-order valence-electron chi connectivity index (χ3n) is 9.50. The van der Waals surface area contributed by atoms with Gasteiger partial charge in [-0.1, -0.05) is 0 Å². The van der Waals surface area contributed by atoms with Gasteiger partial charge in [0.05, 0.1) is 0 Å². The summed E-state index contributed by atoms with van der Waals surface area (Å²) in [5.41, 5.74) is 8.67. The van der Waals surface area contributed by atoms with E-state index in [0.717, 1.165) is 22.3 Å². The molecule has 0 spiro atoms. The topological polar surface area (TPSA) is 107 Å². The van der Waals surface area contributed by atoms with Crippen molar-refractivity contribution in [3.05, 3.63) is 98.4 Å². The molecule has 0 saturated carbocycles. The van der Waals surface area contributed by atoms with Crippen molar-refractivity contribution in [3.8, 4) is 0 Å². The first-order valence-corrected chi connectivity index (χ1v) is 19.6. The molecule has 6 bridgehead atoms. The number of nitrogens with zero attached hydrogens (tertiary/aromatic N) is 4. The van der Waals surface area contributed by atoms with Crippen molar-refractivity contribution >= 4 is 61.7 Å². The number of aromatic nitrogens is 1. The Kier molecular flexibility index (Phi) is 7.62. The van der Waals surface area contributed by atoms with Gasteiger partial charge in [-0.25, -0.2) is 0 Å². The minimum atomic E-state index is -6.73. The summed E-state index contributed by atoms with van der Waals surface area (Å²) in [6, 6.07) is -0.867. The van der Waals surface area contributed by atoms with Crippen LogP contribution < -0.4 is 0 Å². The van der Waals surface area contributed by atoms with Crippen molar-refractivity contribution in [1.82, 2.24) is 5.91 Å². The van der Waals surface area contributed by atoms with Crippen molar-refractivity contribution in [2.75, 3.05) is 0 Å². The summed E-state index contributed by atoms with van der Waals surface area (Å²) in [6.07, 6.45) is 8.46. The Morgan fingerprint density at radius 3 is 2.24 bits per heavy atom. The van der Waals surface area contributed by atoms with Crippen LogP contribution in [0.4, 0.5) is 5.73 Å². The monoisotopic (exact) mass is 720 g/mol. The summed E-state index contributed by atoms with van der Waals surface area (Å²) in [4.78, 5) is 33.2. The quantitative estimate of drug-likeness (QED) is 0.279. The third-order valence-corrected chi connectivity index (χ3v) is 15.6. The molecule has 0 amide bonds. The fraction of sp³-hybridized carbons (Fsp3) is 0.294. The molecule has 6 heterocycles. The first-order valence-electron chi connectivity index (χ1n) is 14.8. The van der Waals surface area contributed by atoms with Crippen LogP contribution in [0.25, 0.3) is 18.2 Å². The van der Waals surface area contributed by atoms with Crippen LogP contribution in [0.15, 0.2) is 85.8 Å². The van der Waals surface area contributed by atoms with Gasteiger partial charge in [-0.3, -0.25) is 0 Å². The standard InChI is InChI=1S/C34H36N4O4.2FH.Sn/c1-7-21-17(3)25-13-26-19(5)23(9-11-33(39)40)31(37-26)16-32-24(10-12-34(41)42)20(6)28(38-32)15-30-22(8-2)18(4)27(36-30)14-29(21)35-25;;;/h7-8,13-15,31H,1-2,9-12,16H2,3-6H3,(H4,35,36,37,38,39,40,41,42);2*1H;/q;;;+4/p-4. The van der Waals surface area contributed by atoms with Gasteiger partial charge in [-0.05, 0) is 0 Å². The first-order chi connectivity index (χ1) is 21.3. The van der Waals surface area contributed by atoms with E-state index in [2.05, 4.69) is 13.2 Å². The number of hydrogen-bond donors (Lipinski definition) is 2. The van der Waals surface area contributed by atoms with Gasteiger partial charge in [0, 0.05) is 0 Å². The zero-order chi connectivity index (χ0) is 32.5. The maximum atomic E-state index is 17.9. The van der Waals surface area contributed by atoms with Gasteiger partial charge in [0.25, 0.3) is 0 Å². The molecule has 5 aliphatic rings. The van der Waals surface area contributed by atoms with Crippen molar-refractivity contribution in [1.29, 1.82) is 0 Å². The molecule has 232 valence electrons. The van der Waals surface area contributed by atoms with Gasteiger partial charge in [0.15, 0.2) is 0 Å². The number of carboxylic acids is 2. The van der Waals surface area contributed by atoms with Crippen molar-refractivity contribution in [3.63, 3.8) is 0 Å². The van der Waals surface area contributed by atoms with E-state index in [1.165, 1.54) is 5.91 Å². The molecular weight excluding hydrogens is 685 g/mol. The second-order valence-electron chi connectivity index (χ2n) is 11.9. The molecule has 6 rings (SSSR count). The average Bonchev–Trinajstić information content (AvgIpc) is 3.61. The Morgan fingerprint density at radius 2 is 1.60 bits per heavy atom. The van der Waals surface area contributed by atoms with Crippen LogP contribution in [0.2, 0.25) is 0 Å². The molecule has 45 heavy (non-hydrogen) atoms. The minimum absolute atomic E-state index is 0.0930. The van der Waals surface area contributed by atoms with Crippen LogP contribution in [0, 0.1) is 6.92 Å². The fourth-order valence-corrected chi connectivity index (χ4v) is 13.9. The van der Waals surface area contributed by atoms with E-state index in [1.54, 1.807) is 37.3 Å². The number of carbonyl (C=O) groups is 2. The van der Waals surface area contributed by atoms with Crippen LogP contribution >= 0.6 is 0 Å². The Morgan fingerprint density at radius 1 is 0.933 bits per heavy atom. The number of carboxylic acid groups (broad SMARTS) is 2. The zero-order valence-electron chi connectivity index (χ0n) is 25.7. The van der Waals surface area contributed by atoms with E-state index in [9.17, 15) is 19.8 Å². The Balaban J connectivity index is 1.75. The van der Waals surface area contributed by atoms with E-state index in [1.807, 2.05) is 20.8 Å². The van der Waals surface area contributed by atoms with E-state index < -0.39 is 38.0 Å². The number of halogens is 2. The van der Waals surface area contributed by atoms with Gasteiger partial charge in [-0.2, -0.15) is 0 Å². The summed E-state index contributed by atoms with van der Waals surface area (Å²) in [6.45, 7) is 15.3. The van der Waals surface area contributed by atoms with Crippen LogP contribution in [-0.2, 0) is 9.59 Å². The maximum absolute atomic E-state index is 17.9. The first kappa shape index (κ1) is 30.9. The predicted molar refractivity (Wildman–Crippen MR) is 174 cm³/mol. The average molecular weight is 719 g/mol. The fourth-order valence-electron chi connectivity index (χ4n) is 7.18. The summed E-state index contributed by atoms with van der Waals surface area (Å²) >= 11 is -6.73.